The van der Waals surface area contributed by atoms with E-state index in [0.717, 1.165) is 0 Å². The molecule has 1 heterocycles. The topological polar surface area (TPSA) is 61.4 Å². The fraction of sp³-hybridized carbons (Fsp3) is 0.429. The summed E-state index contributed by atoms with van der Waals surface area (Å²) in [6.07, 6.45) is 0. The van der Waals surface area contributed by atoms with Gasteiger partial charge in [-0.15, -0.1) is 0 Å². The Kier molecular flexibility index (Phi) is 2.53. The van der Waals surface area contributed by atoms with Gasteiger partial charge in [0, 0.05) is 25.6 Å². The molecule has 0 radical (unpaired) electrons. The monoisotopic (exact) mass is 167 g/mol. The van der Waals surface area contributed by atoms with Crippen molar-refractivity contribution in [2.75, 3.05) is 13.1 Å². The number of urea groups is 1. The summed E-state index contributed by atoms with van der Waals surface area (Å²) in [5.41, 5.74) is 0. The van der Waals surface area contributed by atoms with E-state index in [1.54, 1.807) is 0 Å². The summed E-state index contributed by atoms with van der Waals surface area (Å²) in [7, 11) is 0. The van der Waals surface area contributed by atoms with Gasteiger partial charge in [0.1, 0.15) is 0 Å². The van der Waals surface area contributed by atoms with Crippen molar-refractivity contribution >= 4 is 11.9 Å². The molecule has 1 saturated heterocycles. The zero-order valence-electron chi connectivity index (χ0n) is 6.68. The molecular formula is C7H9N3O2. The fourth-order valence-corrected chi connectivity index (χ4v) is 0.762. The number of rotatable bonds is 0. The average molecular weight is 167 g/mol. The van der Waals surface area contributed by atoms with E-state index in [0.29, 0.717) is 13.1 Å². The quantitative estimate of drug-likeness (QED) is 0.361. The minimum atomic E-state index is -0.234. The van der Waals surface area contributed by atoms with Gasteiger partial charge in [0.05, 0.1) is 6.54 Å². The fourth-order valence-electron chi connectivity index (χ4n) is 0.762. The van der Waals surface area contributed by atoms with Crippen LogP contribution in [0.3, 0.4) is 0 Å². The Morgan fingerprint density at radius 1 is 1.75 bits per heavy atom. The number of carbonyl (C=O) groups excluding carboxylic acids is 2. The zero-order valence-corrected chi connectivity index (χ0v) is 6.68. The van der Waals surface area contributed by atoms with Gasteiger partial charge in [-0.2, -0.15) is 0 Å². The molecule has 2 N–H and O–H groups in total. The molecule has 3 amide bonds. The van der Waals surface area contributed by atoms with Crippen LogP contribution in [0.5, 0.6) is 0 Å². The molecule has 0 aliphatic carbocycles. The van der Waals surface area contributed by atoms with Crippen molar-refractivity contribution in [3.05, 3.63) is 0 Å². The lowest BCUT2D eigenvalue weighted by Crippen LogP contribution is -2.24. The Labute approximate surface area is 70.1 Å². The van der Waals surface area contributed by atoms with Crippen molar-refractivity contribution in [3.63, 3.8) is 0 Å². The zero-order chi connectivity index (χ0) is 8.97. The maximum Gasteiger partial charge on any atom is 0.329 e. The Bertz CT molecular complexity index is 264. The molecular weight excluding hydrogens is 158 g/mol. The molecule has 0 bridgehead atoms. The summed E-state index contributed by atoms with van der Waals surface area (Å²) in [5.74, 6) is -0.234. The highest BCUT2D eigenvalue weighted by molar-refractivity contribution is 5.78. The highest BCUT2D eigenvalue weighted by atomic mass is 16.2. The molecule has 64 valence electrons. The van der Waals surface area contributed by atoms with Gasteiger partial charge in [0.25, 0.3) is 0 Å². The predicted octanol–water partition coefficient (Wildman–Crippen LogP) is -0.934. The van der Waals surface area contributed by atoms with Crippen molar-refractivity contribution in [1.82, 2.24) is 15.5 Å². The normalized spacial score (nSPS) is 14.8. The van der Waals surface area contributed by atoms with Crippen molar-refractivity contribution in [2.45, 2.75) is 6.92 Å². The van der Waals surface area contributed by atoms with Crippen LogP contribution in [0.4, 0.5) is 4.79 Å². The van der Waals surface area contributed by atoms with Gasteiger partial charge in [-0.05, 0) is 0 Å². The van der Waals surface area contributed by atoms with Gasteiger partial charge in [0.2, 0.25) is 5.91 Å². The van der Waals surface area contributed by atoms with Gasteiger partial charge in [-0.1, -0.05) is 0 Å². The first-order valence-electron chi connectivity index (χ1n) is 3.53. The second-order valence-corrected chi connectivity index (χ2v) is 2.30. The lowest BCUT2D eigenvalue weighted by Gasteiger charge is -2.01. The van der Waals surface area contributed by atoms with Crippen LogP contribution in [0.1, 0.15) is 6.92 Å². The maximum atomic E-state index is 10.8. The van der Waals surface area contributed by atoms with Gasteiger partial charge in [-0.25, -0.2) is 9.69 Å². The number of amides is 3. The van der Waals surface area contributed by atoms with Gasteiger partial charge in [0.15, 0.2) is 0 Å². The summed E-state index contributed by atoms with van der Waals surface area (Å²) in [5, 5.41) is 4.85. The van der Waals surface area contributed by atoms with E-state index in [9.17, 15) is 9.59 Å². The summed E-state index contributed by atoms with van der Waals surface area (Å²) in [4.78, 5) is 22.5. The number of hydrogen-bond acceptors (Lipinski definition) is 2. The average Bonchev–Trinajstić information content (AvgIpc) is 2.36. The van der Waals surface area contributed by atoms with Crippen LogP contribution < -0.4 is 10.6 Å². The molecule has 0 atom stereocenters. The van der Waals surface area contributed by atoms with Gasteiger partial charge < -0.3 is 5.32 Å². The largest absolute Gasteiger partial charge is 0.335 e. The molecule has 1 aliphatic heterocycles. The first-order chi connectivity index (χ1) is 5.70. The van der Waals surface area contributed by atoms with Crippen LogP contribution in [0.2, 0.25) is 0 Å². The van der Waals surface area contributed by atoms with Gasteiger partial charge >= 0.3 is 6.03 Å². The number of nitrogens with zero attached hydrogens (tertiary/aromatic N) is 1. The molecule has 0 aromatic carbocycles. The van der Waals surface area contributed by atoms with E-state index in [-0.39, 0.29) is 11.9 Å². The van der Waals surface area contributed by atoms with Crippen LogP contribution in [0.25, 0.3) is 0 Å². The standard InChI is InChI=1S/C7H9N3O2/c1-6(11)8-2-4-10-5-3-9-7(10)12/h3,5H2,1H3,(H,8,11)(H,9,12). The number of nitrogens with one attached hydrogen (secondary N) is 2. The second-order valence-electron chi connectivity index (χ2n) is 2.30. The van der Waals surface area contributed by atoms with E-state index < -0.39 is 0 Å². The highest BCUT2D eigenvalue weighted by Gasteiger charge is 2.16. The van der Waals surface area contributed by atoms with E-state index in [1.165, 1.54) is 11.8 Å². The number of carbonyl (C=O) groups is 2. The van der Waals surface area contributed by atoms with Crippen molar-refractivity contribution in [1.29, 1.82) is 0 Å². The van der Waals surface area contributed by atoms with E-state index in [4.69, 9.17) is 0 Å². The SMILES string of the molecule is CC(=O)NC#CN1CCNC1=O. The van der Waals surface area contributed by atoms with E-state index in [2.05, 4.69) is 22.7 Å². The lowest BCUT2D eigenvalue weighted by molar-refractivity contribution is -0.117. The molecule has 1 rings (SSSR count). The Balaban J connectivity index is 2.42. The second kappa shape index (κ2) is 3.62. The molecule has 0 aromatic heterocycles. The van der Waals surface area contributed by atoms with E-state index in [1.807, 2.05) is 0 Å². The molecule has 0 aromatic rings. The van der Waals surface area contributed by atoms with Crippen molar-refractivity contribution < 1.29 is 9.59 Å². The molecule has 1 fully saturated rings. The van der Waals surface area contributed by atoms with Crippen molar-refractivity contribution in [3.8, 4) is 12.1 Å². The third-order valence-corrected chi connectivity index (χ3v) is 1.29. The predicted molar refractivity (Wildman–Crippen MR) is 41.7 cm³/mol. The Morgan fingerprint density at radius 2 is 2.50 bits per heavy atom. The maximum absolute atomic E-state index is 10.8. The molecule has 1 aliphatic rings. The third-order valence-electron chi connectivity index (χ3n) is 1.29. The first-order valence-corrected chi connectivity index (χ1v) is 3.53. The highest BCUT2D eigenvalue weighted by Crippen LogP contribution is 1.91. The molecule has 5 nitrogen and oxygen atoms in total. The summed E-state index contributed by atoms with van der Waals surface area (Å²) >= 11 is 0. The smallest absolute Gasteiger partial charge is 0.329 e. The van der Waals surface area contributed by atoms with Crippen LogP contribution >= 0.6 is 0 Å². The summed E-state index contributed by atoms with van der Waals surface area (Å²) in [6, 6.07) is 4.66. The lowest BCUT2D eigenvalue weighted by atomic mass is 10.6. The van der Waals surface area contributed by atoms with Crippen LogP contribution in [-0.4, -0.2) is 29.9 Å². The third kappa shape index (κ3) is 2.16. The van der Waals surface area contributed by atoms with Crippen molar-refractivity contribution in [2.24, 2.45) is 0 Å². The molecule has 0 unspecified atom stereocenters. The van der Waals surface area contributed by atoms with Crippen LogP contribution in [0, 0.1) is 12.1 Å². The minimum Gasteiger partial charge on any atom is -0.335 e. The molecule has 5 heteroatoms. The molecule has 12 heavy (non-hydrogen) atoms. The molecule has 0 spiro atoms. The first kappa shape index (κ1) is 8.40. The van der Waals surface area contributed by atoms with Crippen LogP contribution in [-0.2, 0) is 4.79 Å². The van der Waals surface area contributed by atoms with Crippen LogP contribution in [0.15, 0.2) is 0 Å². The molecule has 0 saturated carbocycles. The van der Waals surface area contributed by atoms with Gasteiger partial charge in [-0.3, -0.25) is 10.1 Å². The minimum absolute atomic E-state index is 0.215. The van der Waals surface area contributed by atoms with E-state index >= 15 is 0 Å². The Morgan fingerprint density at radius 3 is 3.00 bits per heavy atom. The Hall–Kier alpha value is -1.70. The summed E-state index contributed by atoms with van der Waals surface area (Å²) < 4.78 is 0. The number of hydrogen-bond donors (Lipinski definition) is 2. The summed E-state index contributed by atoms with van der Waals surface area (Å²) in [6.45, 7) is 2.53.